The first-order valence-electron chi connectivity index (χ1n) is 6.84. The van der Waals surface area contributed by atoms with E-state index in [2.05, 4.69) is 29.1 Å². The molecule has 2 heterocycles. The Morgan fingerprint density at radius 2 is 1.90 bits per heavy atom. The van der Waals surface area contributed by atoms with Crippen LogP contribution in [0.5, 0.6) is 0 Å². The summed E-state index contributed by atoms with van der Waals surface area (Å²) in [7, 11) is 0. The lowest BCUT2D eigenvalue weighted by atomic mass is 10.1. The highest BCUT2D eigenvalue weighted by Crippen LogP contribution is 2.15. The minimum atomic E-state index is -0.423. The molecule has 0 bridgehead atoms. The maximum atomic E-state index is 13.1. The number of nitrogens with one attached hydrogen (secondary N) is 1. The van der Waals surface area contributed by atoms with Gasteiger partial charge < -0.3 is 5.32 Å². The fourth-order valence-electron chi connectivity index (χ4n) is 1.90. The third-order valence-corrected chi connectivity index (χ3v) is 3.26. The normalized spacial score (nSPS) is 12.2. The van der Waals surface area contributed by atoms with Crippen LogP contribution in [0.4, 0.5) is 4.39 Å². The second-order valence-corrected chi connectivity index (χ2v) is 5.26. The highest BCUT2D eigenvalue weighted by molar-refractivity contribution is 5.92. The predicted octanol–water partition coefficient (Wildman–Crippen LogP) is 3.23. The van der Waals surface area contributed by atoms with Crippen molar-refractivity contribution in [1.29, 1.82) is 0 Å². The molecule has 2 aromatic heterocycles. The van der Waals surface area contributed by atoms with Crippen LogP contribution in [0.1, 0.15) is 54.3 Å². The molecule has 0 aliphatic carbocycles. The molecule has 110 valence electrons. The third kappa shape index (κ3) is 3.84. The molecule has 0 aliphatic rings. The van der Waals surface area contributed by atoms with Gasteiger partial charge in [-0.3, -0.25) is 14.8 Å². The van der Waals surface area contributed by atoms with E-state index in [4.69, 9.17) is 0 Å². The van der Waals surface area contributed by atoms with Crippen LogP contribution in [-0.2, 0) is 0 Å². The van der Waals surface area contributed by atoms with Gasteiger partial charge in [0.05, 0.1) is 12.2 Å². The van der Waals surface area contributed by atoms with Crippen molar-refractivity contribution < 1.29 is 9.18 Å². The summed E-state index contributed by atoms with van der Waals surface area (Å²) < 4.78 is 13.1. The highest BCUT2D eigenvalue weighted by Gasteiger charge is 2.13. The first kappa shape index (κ1) is 15.1. The lowest BCUT2D eigenvalue weighted by Crippen LogP contribution is -2.27. The fourth-order valence-corrected chi connectivity index (χ4v) is 1.90. The molecule has 2 rings (SSSR count). The molecule has 0 saturated heterocycles. The molecule has 0 fully saturated rings. The summed E-state index contributed by atoms with van der Waals surface area (Å²) >= 11 is 0. The number of pyridine rings is 2. The van der Waals surface area contributed by atoms with E-state index in [1.165, 1.54) is 12.3 Å². The molecule has 0 radical (unpaired) electrons. The molecule has 1 N–H and O–H groups in total. The molecule has 5 heteroatoms. The quantitative estimate of drug-likeness (QED) is 0.939. The smallest absolute Gasteiger partial charge is 0.270 e. The minimum absolute atomic E-state index is 0.290. The van der Waals surface area contributed by atoms with Crippen LogP contribution in [0.25, 0.3) is 0 Å². The van der Waals surface area contributed by atoms with E-state index in [0.717, 1.165) is 11.8 Å². The van der Waals surface area contributed by atoms with Crippen LogP contribution in [0.15, 0.2) is 36.8 Å². The van der Waals surface area contributed by atoms with E-state index in [1.807, 2.05) is 6.07 Å². The van der Waals surface area contributed by atoms with Gasteiger partial charge >= 0.3 is 0 Å². The van der Waals surface area contributed by atoms with E-state index >= 15 is 0 Å². The SMILES string of the molecule is CC(C)c1ccc(C(=O)N[C@H](C)c2cncc(F)c2)nc1. The van der Waals surface area contributed by atoms with Gasteiger partial charge in [-0.05, 0) is 36.1 Å². The largest absolute Gasteiger partial charge is 0.344 e. The number of hydrogen-bond acceptors (Lipinski definition) is 3. The van der Waals surface area contributed by atoms with Crippen molar-refractivity contribution in [1.82, 2.24) is 15.3 Å². The zero-order valence-corrected chi connectivity index (χ0v) is 12.3. The molecule has 1 atom stereocenters. The summed E-state index contributed by atoms with van der Waals surface area (Å²) in [5, 5.41) is 2.78. The number of rotatable bonds is 4. The first-order valence-corrected chi connectivity index (χ1v) is 6.84. The van der Waals surface area contributed by atoms with Gasteiger partial charge in [0.25, 0.3) is 5.91 Å². The van der Waals surface area contributed by atoms with Crippen LogP contribution < -0.4 is 5.32 Å². The van der Waals surface area contributed by atoms with E-state index in [-0.39, 0.29) is 11.9 Å². The lowest BCUT2D eigenvalue weighted by molar-refractivity contribution is 0.0934. The van der Waals surface area contributed by atoms with Crippen LogP contribution in [0.3, 0.4) is 0 Å². The maximum Gasteiger partial charge on any atom is 0.270 e. The maximum absolute atomic E-state index is 13.1. The number of nitrogens with zero attached hydrogens (tertiary/aromatic N) is 2. The Morgan fingerprint density at radius 1 is 1.14 bits per heavy atom. The molecule has 0 unspecified atom stereocenters. The number of halogens is 1. The Bertz CT molecular complexity index is 626. The number of carbonyl (C=O) groups excluding carboxylic acids is 1. The number of carbonyl (C=O) groups is 1. The Hall–Kier alpha value is -2.30. The van der Waals surface area contributed by atoms with Gasteiger partial charge in [-0.25, -0.2) is 4.39 Å². The van der Waals surface area contributed by atoms with E-state index in [9.17, 15) is 9.18 Å². The molecular weight excluding hydrogens is 269 g/mol. The van der Waals surface area contributed by atoms with Crippen molar-refractivity contribution in [2.24, 2.45) is 0 Å². The van der Waals surface area contributed by atoms with Crippen molar-refractivity contribution in [2.45, 2.75) is 32.7 Å². The predicted molar refractivity (Wildman–Crippen MR) is 78.4 cm³/mol. The fraction of sp³-hybridized carbons (Fsp3) is 0.312. The molecule has 0 aromatic carbocycles. The van der Waals surface area contributed by atoms with Gasteiger partial charge in [0.15, 0.2) is 0 Å². The van der Waals surface area contributed by atoms with Crippen LogP contribution in [0.2, 0.25) is 0 Å². The van der Waals surface area contributed by atoms with Crippen molar-refractivity contribution in [3.8, 4) is 0 Å². The standard InChI is InChI=1S/C16H18FN3O/c1-10(2)12-4-5-15(19-8-12)16(21)20-11(3)13-6-14(17)9-18-7-13/h4-11H,1-3H3,(H,20,21)/t11-/m1/s1. The lowest BCUT2D eigenvalue weighted by Gasteiger charge is -2.14. The Kier molecular flexibility index (Phi) is 4.62. The Morgan fingerprint density at radius 3 is 2.48 bits per heavy atom. The second kappa shape index (κ2) is 6.43. The van der Waals surface area contributed by atoms with Crippen molar-refractivity contribution in [3.05, 3.63) is 59.4 Å². The molecular formula is C16H18FN3O. The summed E-state index contributed by atoms with van der Waals surface area (Å²) in [6.07, 6.45) is 4.36. The van der Waals surface area contributed by atoms with Gasteiger partial charge in [0.2, 0.25) is 0 Å². The first-order chi connectivity index (χ1) is 9.97. The van der Waals surface area contributed by atoms with Gasteiger partial charge in [0, 0.05) is 12.4 Å². The number of amides is 1. The Balaban J connectivity index is 2.07. The van der Waals surface area contributed by atoms with Crippen LogP contribution in [0, 0.1) is 5.82 Å². The number of hydrogen-bond donors (Lipinski definition) is 1. The summed E-state index contributed by atoms with van der Waals surface area (Å²) in [6, 6.07) is 4.60. The van der Waals surface area contributed by atoms with Gasteiger partial charge in [-0.15, -0.1) is 0 Å². The van der Waals surface area contributed by atoms with Gasteiger partial charge in [0.1, 0.15) is 11.5 Å². The van der Waals surface area contributed by atoms with E-state index in [1.54, 1.807) is 19.2 Å². The topological polar surface area (TPSA) is 54.9 Å². The van der Waals surface area contributed by atoms with Crippen molar-refractivity contribution >= 4 is 5.91 Å². The summed E-state index contributed by atoms with van der Waals surface area (Å²) in [4.78, 5) is 20.0. The monoisotopic (exact) mass is 287 g/mol. The molecule has 1 amide bonds. The highest BCUT2D eigenvalue weighted by atomic mass is 19.1. The molecule has 0 saturated carbocycles. The molecule has 2 aromatic rings. The molecule has 21 heavy (non-hydrogen) atoms. The van der Waals surface area contributed by atoms with Gasteiger partial charge in [-0.2, -0.15) is 0 Å². The Labute approximate surface area is 123 Å². The second-order valence-electron chi connectivity index (χ2n) is 5.26. The zero-order chi connectivity index (χ0) is 15.4. The average molecular weight is 287 g/mol. The number of aromatic nitrogens is 2. The molecule has 0 aliphatic heterocycles. The average Bonchev–Trinajstić information content (AvgIpc) is 2.47. The van der Waals surface area contributed by atoms with E-state index < -0.39 is 5.82 Å². The van der Waals surface area contributed by atoms with Crippen molar-refractivity contribution in [3.63, 3.8) is 0 Å². The van der Waals surface area contributed by atoms with Crippen LogP contribution in [-0.4, -0.2) is 15.9 Å². The van der Waals surface area contributed by atoms with Crippen LogP contribution >= 0.6 is 0 Å². The van der Waals surface area contributed by atoms with Crippen molar-refractivity contribution in [2.75, 3.05) is 0 Å². The molecule has 4 nitrogen and oxygen atoms in total. The van der Waals surface area contributed by atoms with Gasteiger partial charge in [-0.1, -0.05) is 19.9 Å². The minimum Gasteiger partial charge on any atom is -0.344 e. The molecule has 0 spiro atoms. The summed E-state index contributed by atoms with van der Waals surface area (Å²) in [6.45, 7) is 5.91. The zero-order valence-electron chi connectivity index (χ0n) is 12.3. The summed E-state index contributed by atoms with van der Waals surface area (Å²) in [5.41, 5.74) is 2.03. The third-order valence-electron chi connectivity index (χ3n) is 3.26. The summed E-state index contributed by atoms with van der Waals surface area (Å²) in [5.74, 6) is -0.345. The van der Waals surface area contributed by atoms with E-state index in [0.29, 0.717) is 17.2 Å².